The van der Waals surface area contributed by atoms with Gasteiger partial charge in [-0.15, -0.1) is 0 Å². The van der Waals surface area contributed by atoms with E-state index in [1.165, 1.54) is 110 Å². The number of hydrogen-bond acceptors (Lipinski definition) is 2. The Hall–Kier alpha value is -6.64. The average molecular weight is 859 g/mol. The van der Waals surface area contributed by atoms with E-state index in [1.54, 1.807) is 0 Å². The number of rotatable bonds is 7. The standard InChI is InChI=1S/C64H62N2/c1-40(2)54-39-58(66(49-29-23-47(24-30-49)63(6,7)8)51-26-20-42-16-12-14-18-44(42)36-51)55-38-56-59-45(33-34-64(56,9)10)37-57(53-32-31-52(54)60(55)61(53)59)65(48-27-21-46(22-28-48)62(3,4)5)50-25-19-41-15-11-13-17-43(41)35-50/h11-32,35-40H,33-34H2,1-10H3. The summed E-state index contributed by atoms with van der Waals surface area (Å²) in [6.45, 7) is 23.5. The summed E-state index contributed by atoms with van der Waals surface area (Å²) in [7, 11) is 0. The molecule has 10 aromatic carbocycles. The lowest BCUT2D eigenvalue weighted by Gasteiger charge is -2.37. The highest BCUT2D eigenvalue weighted by Gasteiger charge is 2.34. The molecule has 0 atom stereocenters. The molecular formula is C64H62N2. The second kappa shape index (κ2) is 15.2. The Kier molecular flexibility index (Phi) is 9.68. The lowest BCUT2D eigenvalue weighted by Crippen LogP contribution is -2.24. The Morgan fingerprint density at radius 1 is 0.439 bits per heavy atom. The fraction of sp³-hybridized carbons (Fsp3) is 0.250. The molecular weight excluding hydrogens is 797 g/mol. The van der Waals surface area contributed by atoms with E-state index in [9.17, 15) is 0 Å². The molecule has 1 aliphatic carbocycles. The smallest absolute Gasteiger partial charge is 0.0543 e. The number of nitrogens with zero attached hydrogens (tertiary/aromatic N) is 2. The van der Waals surface area contributed by atoms with Gasteiger partial charge in [0, 0.05) is 38.9 Å². The third-order valence-electron chi connectivity index (χ3n) is 14.9. The molecule has 0 N–H and O–H groups in total. The molecule has 0 heterocycles. The van der Waals surface area contributed by atoms with E-state index < -0.39 is 0 Å². The van der Waals surface area contributed by atoms with Crippen LogP contribution in [0.3, 0.4) is 0 Å². The fourth-order valence-electron chi connectivity index (χ4n) is 11.0. The van der Waals surface area contributed by atoms with E-state index in [0.29, 0.717) is 5.92 Å². The first-order valence-electron chi connectivity index (χ1n) is 24.2. The first-order chi connectivity index (χ1) is 31.5. The van der Waals surface area contributed by atoms with Crippen molar-refractivity contribution in [2.45, 2.75) is 104 Å². The molecule has 11 rings (SSSR count). The van der Waals surface area contributed by atoms with Gasteiger partial charge < -0.3 is 9.80 Å². The summed E-state index contributed by atoms with van der Waals surface area (Å²) < 4.78 is 0. The largest absolute Gasteiger partial charge is 0.310 e. The lowest BCUT2D eigenvalue weighted by atomic mass is 9.70. The molecule has 1 aliphatic rings. The van der Waals surface area contributed by atoms with Crippen molar-refractivity contribution in [3.63, 3.8) is 0 Å². The van der Waals surface area contributed by atoms with Gasteiger partial charge in [0.2, 0.25) is 0 Å². The number of anilines is 6. The van der Waals surface area contributed by atoms with Crippen LogP contribution in [0.5, 0.6) is 0 Å². The van der Waals surface area contributed by atoms with Gasteiger partial charge in [-0.3, -0.25) is 0 Å². The number of benzene rings is 10. The summed E-state index contributed by atoms with van der Waals surface area (Å²) >= 11 is 0. The minimum atomic E-state index is -0.0156. The molecule has 0 spiro atoms. The van der Waals surface area contributed by atoms with Crippen LogP contribution in [0, 0.1) is 0 Å². The van der Waals surface area contributed by atoms with Crippen molar-refractivity contribution in [2.75, 3.05) is 9.80 Å². The van der Waals surface area contributed by atoms with Crippen LogP contribution in [-0.4, -0.2) is 0 Å². The fourth-order valence-corrected chi connectivity index (χ4v) is 11.0. The lowest BCUT2D eigenvalue weighted by molar-refractivity contribution is 0.475. The second-order valence-electron chi connectivity index (χ2n) is 22.2. The molecule has 0 fully saturated rings. The molecule has 328 valence electrons. The Balaban J connectivity index is 1.26. The van der Waals surface area contributed by atoms with Crippen LogP contribution in [0.25, 0.3) is 53.9 Å². The molecule has 0 aromatic heterocycles. The Morgan fingerprint density at radius 2 is 0.909 bits per heavy atom. The molecule has 0 radical (unpaired) electrons. The Labute approximate surface area is 391 Å². The summed E-state index contributed by atoms with van der Waals surface area (Å²) in [5, 5.41) is 13.1. The summed E-state index contributed by atoms with van der Waals surface area (Å²) in [4.78, 5) is 5.10. The topological polar surface area (TPSA) is 6.48 Å². The van der Waals surface area contributed by atoms with Gasteiger partial charge in [-0.25, -0.2) is 0 Å². The normalized spacial score (nSPS) is 14.0. The van der Waals surface area contributed by atoms with Gasteiger partial charge in [-0.05, 0) is 167 Å². The van der Waals surface area contributed by atoms with Crippen LogP contribution >= 0.6 is 0 Å². The maximum absolute atomic E-state index is 2.61. The van der Waals surface area contributed by atoms with E-state index in [2.05, 4.69) is 243 Å². The molecule has 2 heteroatoms. The monoisotopic (exact) mass is 858 g/mol. The summed E-state index contributed by atoms with van der Waals surface area (Å²) in [5.41, 5.74) is 14.1. The zero-order valence-corrected chi connectivity index (χ0v) is 40.5. The SMILES string of the molecule is CC(C)c1cc(N(c2ccc(C(C)(C)C)cc2)c2ccc3ccccc3c2)c2cc3c4c(cc(N(c5ccc(C(C)(C)C)cc5)c5ccc6ccccc6c5)c5ccc1c2c54)CCC3(C)C. The molecule has 2 nitrogen and oxygen atoms in total. The van der Waals surface area contributed by atoms with Gasteiger partial charge in [0.1, 0.15) is 0 Å². The molecule has 10 aromatic rings. The molecule has 0 unspecified atom stereocenters. The number of hydrogen-bond donors (Lipinski definition) is 0. The first-order valence-corrected chi connectivity index (χ1v) is 24.2. The van der Waals surface area contributed by atoms with Crippen molar-refractivity contribution < 1.29 is 0 Å². The maximum atomic E-state index is 2.61. The van der Waals surface area contributed by atoms with Gasteiger partial charge in [0.05, 0.1) is 11.4 Å². The van der Waals surface area contributed by atoms with Crippen LogP contribution in [0.15, 0.2) is 164 Å². The highest BCUT2D eigenvalue weighted by Crippen LogP contribution is 2.55. The number of aryl methyl sites for hydroxylation is 1. The van der Waals surface area contributed by atoms with Crippen LogP contribution in [0.1, 0.15) is 109 Å². The van der Waals surface area contributed by atoms with Gasteiger partial charge in [0.15, 0.2) is 0 Å². The summed E-state index contributed by atoms with van der Waals surface area (Å²) in [5.74, 6) is 0.299. The van der Waals surface area contributed by atoms with Crippen LogP contribution in [0.2, 0.25) is 0 Å². The average Bonchev–Trinajstić information content (AvgIpc) is 3.30. The summed E-state index contributed by atoms with van der Waals surface area (Å²) in [6.07, 6.45) is 2.11. The molecule has 0 saturated heterocycles. The molecule has 0 amide bonds. The molecule has 0 aliphatic heterocycles. The van der Waals surface area contributed by atoms with Gasteiger partial charge in [0.25, 0.3) is 0 Å². The van der Waals surface area contributed by atoms with Crippen molar-refractivity contribution in [1.29, 1.82) is 0 Å². The third kappa shape index (κ3) is 6.91. The highest BCUT2D eigenvalue weighted by molar-refractivity contribution is 6.30. The van der Waals surface area contributed by atoms with E-state index >= 15 is 0 Å². The Bertz CT molecular complexity index is 3480. The minimum absolute atomic E-state index is 0.0156. The van der Waals surface area contributed by atoms with Crippen molar-refractivity contribution in [1.82, 2.24) is 0 Å². The van der Waals surface area contributed by atoms with Crippen molar-refractivity contribution in [3.8, 4) is 0 Å². The summed E-state index contributed by atoms with van der Waals surface area (Å²) in [6, 6.07) is 62.8. The zero-order valence-electron chi connectivity index (χ0n) is 40.5. The van der Waals surface area contributed by atoms with Crippen LogP contribution in [0.4, 0.5) is 34.1 Å². The van der Waals surface area contributed by atoms with E-state index in [-0.39, 0.29) is 16.2 Å². The van der Waals surface area contributed by atoms with E-state index in [1.807, 2.05) is 0 Å². The zero-order chi connectivity index (χ0) is 45.9. The predicted octanol–water partition coefficient (Wildman–Crippen LogP) is 18.8. The van der Waals surface area contributed by atoms with E-state index in [4.69, 9.17) is 0 Å². The van der Waals surface area contributed by atoms with Gasteiger partial charge >= 0.3 is 0 Å². The van der Waals surface area contributed by atoms with Crippen molar-refractivity contribution >= 4 is 88.0 Å². The van der Waals surface area contributed by atoms with Crippen molar-refractivity contribution in [2.24, 2.45) is 0 Å². The van der Waals surface area contributed by atoms with Crippen molar-refractivity contribution in [3.05, 3.63) is 192 Å². The molecule has 0 saturated carbocycles. The van der Waals surface area contributed by atoms with E-state index in [0.717, 1.165) is 18.5 Å². The minimum Gasteiger partial charge on any atom is -0.310 e. The number of fused-ring (bicyclic) bond motifs is 2. The van der Waals surface area contributed by atoms with Gasteiger partial charge in [-0.1, -0.05) is 166 Å². The molecule has 0 bridgehead atoms. The maximum Gasteiger partial charge on any atom is 0.0543 e. The molecule has 66 heavy (non-hydrogen) atoms. The Morgan fingerprint density at radius 3 is 1.41 bits per heavy atom. The predicted molar refractivity (Wildman–Crippen MR) is 287 cm³/mol. The highest BCUT2D eigenvalue weighted by atomic mass is 15.2. The van der Waals surface area contributed by atoms with Crippen LogP contribution in [-0.2, 0) is 22.7 Å². The van der Waals surface area contributed by atoms with Crippen LogP contribution < -0.4 is 9.80 Å². The third-order valence-corrected chi connectivity index (χ3v) is 14.9. The first kappa shape index (κ1) is 42.0. The quantitative estimate of drug-likeness (QED) is 0.147. The second-order valence-corrected chi connectivity index (χ2v) is 22.2. The van der Waals surface area contributed by atoms with Gasteiger partial charge in [-0.2, -0.15) is 0 Å².